The van der Waals surface area contributed by atoms with Crippen molar-refractivity contribution in [2.45, 2.75) is 18.9 Å². The average molecular weight is 319 g/mol. The van der Waals surface area contributed by atoms with Gasteiger partial charge >= 0.3 is 0 Å². The van der Waals surface area contributed by atoms with Crippen LogP contribution in [-0.2, 0) is 6.42 Å². The molecule has 3 heteroatoms. The van der Waals surface area contributed by atoms with Crippen molar-refractivity contribution in [3.63, 3.8) is 0 Å². The number of benzene rings is 1. The number of hydrogen-bond acceptors (Lipinski definition) is 2. The minimum absolute atomic E-state index is 0.224. The van der Waals surface area contributed by atoms with Crippen LogP contribution in [0.4, 0.5) is 0 Å². The molecule has 0 bridgehead atoms. The van der Waals surface area contributed by atoms with Gasteiger partial charge in [-0.25, -0.2) is 0 Å². The third-order valence-electron chi connectivity index (χ3n) is 2.36. The van der Waals surface area contributed by atoms with Crippen molar-refractivity contribution < 1.29 is 5.11 Å². The van der Waals surface area contributed by atoms with Crippen molar-refractivity contribution in [2.24, 2.45) is 0 Å². The molecule has 0 fully saturated rings. The molecule has 1 aromatic carbocycles. The van der Waals surface area contributed by atoms with E-state index in [1.165, 1.54) is 5.56 Å². The van der Waals surface area contributed by atoms with E-state index < -0.39 is 0 Å². The van der Waals surface area contributed by atoms with E-state index in [4.69, 9.17) is 0 Å². The Bertz CT molecular complexity index is 266. The molecular formula is C12H18INO. The molecule has 0 radical (unpaired) electrons. The Morgan fingerprint density at radius 1 is 1.33 bits per heavy atom. The highest BCUT2D eigenvalue weighted by Gasteiger charge is 2.06. The van der Waals surface area contributed by atoms with Gasteiger partial charge in [0, 0.05) is 6.54 Å². The van der Waals surface area contributed by atoms with Crippen LogP contribution in [0.5, 0.6) is 0 Å². The topological polar surface area (TPSA) is 23.5 Å². The molecule has 0 amide bonds. The summed E-state index contributed by atoms with van der Waals surface area (Å²) in [6.45, 7) is 0.955. The van der Waals surface area contributed by atoms with Gasteiger partial charge in [-0.1, -0.05) is 52.9 Å². The van der Waals surface area contributed by atoms with Crippen LogP contribution in [0, 0.1) is 0 Å². The van der Waals surface area contributed by atoms with Crippen LogP contribution in [0.3, 0.4) is 0 Å². The molecule has 1 unspecified atom stereocenters. The van der Waals surface area contributed by atoms with Crippen LogP contribution in [0.15, 0.2) is 30.3 Å². The number of aliphatic hydroxyl groups excluding tert-OH is 1. The average Bonchev–Trinajstić information content (AvgIpc) is 2.27. The number of aliphatic hydroxyl groups is 1. The fourth-order valence-electron chi connectivity index (χ4n) is 1.42. The van der Waals surface area contributed by atoms with Crippen molar-refractivity contribution in [1.29, 1.82) is 0 Å². The zero-order valence-corrected chi connectivity index (χ0v) is 11.2. The third kappa shape index (κ3) is 5.49. The van der Waals surface area contributed by atoms with E-state index in [-0.39, 0.29) is 6.10 Å². The largest absolute Gasteiger partial charge is 0.393 e. The Hall–Kier alpha value is -0.130. The van der Waals surface area contributed by atoms with Crippen LogP contribution in [0.25, 0.3) is 0 Å². The minimum Gasteiger partial charge on any atom is -0.393 e. The fourth-order valence-corrected chi connectivity index (χ4v) is 1.76. The van der Waals surface area contributed by atoms with Crippen LogP contribution >= 0.6 is 22.6 Å². The van der Waals surface area contributed by atoms with Gasteiger partial charge in [-0.3, -0.25) is 4.90 Å². The number of hydrogen-bond donors (Lipinski definition) is 1. The molecule has 0 aliphatic heterocycles. The molecule has 0 saturated carbocycles. The van der Waals surface area contributed by atoms with E-state index >= 15 is 0 Å². The van der Waals surface area contributed by atoms with Crippen LogP contribution < -0.4 is 0 Å². The molecule has 2 nitrogen and oxygen atoms in total. The lowest BCUT2D eigenvalue weighted by Gasteiger charge is -2.16. The Labute approximate surface area is 105 Å². The lowest BCUT2D eigenvalue weighted by Crippen LogP contribution is -2.23. The smallest absolute Gasteiger partial charge is 0.0592 e. The standard InChI is InChI=1S/C12H18INO/c1-14(10-13)8-7-12(15)9-11-5-3-2-4-6-11/h2-6,12,15H,7-10H2,1H3. The van der Waals surface area contributed by atoms with Gasteiger partial charge in [0.2, 0.25) is 0 Å². The molecule has 0 aliphatic rings. The first-order chi connectivity index (χ1) is 7.22. The number of alkyl halides is 1. The maximum Gasteiger partial charge on any atom is 0.0592 e. The zero-order chi connectivity index (χ0) is 11.1. The molecule has 0 aromatic heterocycles. The summed E-state index contributed by atoms with van der Waals surface area (Å²) in [4.78, 5) is 2.20. The van der Waals surface area contributed by atoms with E-state index in [2.05, 4.69) is 46.7 Å². The summed E-state index contributed by atoms with van der Waals surface area (Å²) >= 11 is 2.33. The first kappa shape index (κ1) is 12.9. The second-order valence-corrected chi connectivity index (χ2v) is 4.51. The highest BCUT2D eigenvalue weighted by molar-refractivity contribution is 14.1. The molecule has 1 aromatic rings. The van der Waals surface area contributed by atoms with Crippen LogP contribution in [0.2, 0.25) is 0 Å². The lowest BCUT2D eigenvalue weighted by atomic mass is 10.1. The SMILES string of the molecule is CN(CI)CCC(O)Cc1ccccc1. The molecule has 15 heavy (non-hydrogen) atoms. The van der Waals surface area contributed by atoms with Crippen molar-refractivity contribution in [3.05, 3.63) is 35.9 Å². The van der Waals surface area contributed by atoms with Gasteiger partial charge in [0.05, 0.1) is 10.7 Å². The number of halogens is 1. The van der Waals surface area contributed by atoms with E-state index in [0.717, 1.165) is 23.9 Å². The van der Waals surface area contributed by atoms with Crippen molar-refractivity contribution in [2.75, 3.05) is 18.1 Å². The van der Waals surface area contributed by atoms with Gasteiger partial charge in [0.1, 0.15) is 0 Å². The zero-order valence-electron chi connectivity index (χ0n) is 9.06. The molecule has 84 valence electrons. The van der Waals surface area contributed by atoms with Crippen molar-refractivity contribution in [3.8, 4) is 0 Å². The molecule has 1 N–H and O–H groups in total. The van der Waals surface area contributed by atoms with Gasteiger partial charge in [0.15, 0.2) is 0 Å². The summed E-state index contributed by atoms with van der Waals surface area (Å²) in [6.07, 6.45) is 1.38. The predicted molar refractivity (Wildman–Crippen MR) is 72.3 cm³/mol. The van der Waals surface area contributed by atoms with E-state index in [1.807, 2.05) is 18.2 Å². The summed E-state index contributed by atoms with van der Waals surface area (Å²) in [6, 6.07) is 10.1. The fraction of sp³-hybridized carbons (Fsp3) is 0.500. The summed E-state index contributed by atoms with van der Waals surface area (Å²) in [5.41, 5.74) is 1.21. The lowest BCUT2D eigenvalue weighted by molar-refractivity contribution is 0.152. The normalized spacial score (nSPS) is 13.1. The Morgan fingerprint density at radius 3 is 2.60 bits per heavy atom. The molecule has 1 atom stereocenters. The number of nitrogens with zero attached hydrogens (tertiary/aromatic N) is 1. The van der Waals surface area contributed by atoms with E-state index in [9.17, 15) is 5.11 Å². The second-order valence-electron chi connectivity index (χ2n) is 3.83. The Balaban J connectivity index is 2.27. The van der Waals surface area contributed by atoms with Gasteiger partial charge in [0.25, 0.3) is 0 Å². The number of rotatable bonds is 6. The molecule has 0 saturated heterocycles. The minimum atomic E-state index is -0.224. The maximum absolute atomic E-state index is 9.82. The monoisotopic (exact) mass is 319 g/mol. The predicted octanol–water partition coefficient (Wildman–Crippen LogP) is 2.30. The molecule has 0 heterocycles. The Kier molecular flexibility index (Phi) is 6.20. The summed E-state index contributed by atoms with van der Waals surface area (Å²) in [5.74, 6) is 0. The third-order valence-corrected chi connectivity index (χ3v) is 3.53. The van der Waals surface area contributed by atoms with Crippen LogP contribution in [0.1, 0.15) is 12.0 Å². The van der Waals surface area contributed by atoms with Gasteiger partial charge in [-0.2, -0.15) is 0 Å². The molecule has 0 aliphatic carbocycles. The summed E-state index contributed by atoms with van der Waals surface area (Å²) in [7, 11) is 2.07. The van der Waals surface area contributed by atoms with Gasteiger partial charge < -0.3 is 5.11 Å². The summed E-state index contributed by atoms with van der Waals surface area (Å²) < 4.78 is 1.01. The highest BCUT2D eigenvalue weighted by Crippen LogP contribution is 2.06. The first-order valence-corrected chi connectivity index (χ1v) is 6.71. The first-order valence-electron chi connectivity index (χ1n) is 5.19. The summed E-state index contributed by atoms with van der Waals surface area (Å²) in [5, 5.41) is 9.82. The molecule has 0 spiro atoms. The Morgan fingerprint density at radius 2 is 2.00 bits per heavy atom. The quantitative estimate of drug-likeness (QED) is 0.494. The second kappa shape index (κ2) is 7.19. The van der Waals surface area contributed by atoms with E-state index in [1.54, 1.807) is 0 Å². The molecular weight excluding hydrogens is 301 g/mol. The maximum atomic E-state index is 9.82. The highest BCUT2D eigenvalue weighted by atomic mass is 127. The van der Waals surface area contributed by atoms with Gasteiger partial charge in [-0.05, 0) is 25.5 Å². The van der Waals surface area contributed by atoms with E-state index in [0.29, 0.717) is 0 Å². The van der Waals surface area contributed by atoms with Gasteiger partial charge in [-0.15, -0.1) is 0 Å². The molecule has 1 rings (SSSR count). The van der Waals surface area contributed by atoms with Crippen molar-refractivity contribution >= 4 is 22.6 Å². The van der Waals surface area contributed by atoms with Crippen LogP contribution in [-0.4, -0.2) is 34.3 Å². The van der Waals surface area contributed by atoms with Crippen molar-refractivity contribution in [1.82, 2.24) is 4.90 Å².